The molecule has 29 heavy (non-hydrogen) atoms. The second-order valence-corrected chi connectivity index (χ2v) is 7.52. The van der Waals surface area contributed by atoms with Gasteiger partial charge in [0.25, 0.3) is 5.91 Å². The molecule has 0 N–H and O–H groups in total. The van der Waals surface area contributed by atoms with E-state index in [9.17, 15) is 9.59 Å². The fourth-order valence-corrected chi connectivity index (χ4v) is 4.27. The fraction of sp³-hybridized carbons (Fsp3) is 0.350. The third kappa shape index (κ3) is 2.62. The number of fused-ring (bicyclic) bond motifs is 3. The summed E-state index contributed by atoms with van der Waals surface area (Å²) >= 11 is 6.33. The zero-order chi connectivity index (χ0) is 21.0. The number of benzene rings is 1. The molecule has 8 nitrogen and oxygen atoms in total. The van der Waals surface area contributed by atoms with Crippen LogP contribution in [0.25, 0.3) is 0 Å². The smallest absolute Gasteiger partial charge is 0.328 e. The maximum atomic E-state index is 13.2. The number of aliphatic imine (C=N–C) groups is 1. The minimum atomic E-state index is -0.610. The van der Waals surface area contributed by atoms with Gasteiger partial charge in [0, 0.05) is 25.0 Å². The second kappa shape index (κ2) is 6.81. The van der Waals surface area contributed by atoms with E-state index in [4.69, 9.17) is 21.3 Å². The molecule has 0 spiro atoms. The first-order chi connectivity index (χ1) is 13.8. The van der Waals surface area contributed by atoms with Crippen LogP contribution in [0.2, 0.25) is 5.02 Å². The summed E-state index contributed by atoms with van der Waals surface area (Å²) in [6.45, 7) is 7.72. The fourth-order valence-electron chi connectivity index (χ4n) is 4.01. The van der Waals surface area contributed by atoms with Crippen LogP contribution < -0.4 is 9.64 Å². The molecule has 4 rings (SSSR count). The van der Waals surface area contributed by atoms with E-state index < -0.39 is 12.2 Å². The van der Waals surface area contributed by atoms with Crippen molar-refractivity contribution in [2.24, 2.45) is 4.99 Å². The minimum absolute atomic E-state index is 0.161. The molecule has 1 aromatic carbocycles. The van der Waals surface area contributed by atoms with E-state index in [0.717, 1.165) is 17.1 Å². The van der Waals surface area contributed by atoms with E-state index in [0.29, 0.717) is 16.7 Å². The number of carbonyl (C=O) groups excluding carboxylic acids is 2. The highest BCUT2D eigenvalue weighted by Gasteiger charge is 2.55. The van der Waals surface area contributed by atoms with Gasteiger partial charge in [-0.1, -0.05) is 17.7 Å². The lowest BCUT2D eigenvalue weighted by Crippen LogP contribution is -2.64. The topological polar surface area (TPSA) is 68.7 Å². The highest BCUT2D eigenvalue weighted by molar-refractivity contribution is 6.32. The highest BCUT2D eigenvalue weighted by Crippen LogP contribution is 2.41. The van der Waals surface area contributed by atoms with Crippen molar-refractivity contribution in [1.82, 2.24) is 14.7 Å². The Hall–Kier alpha value is -3.00. The van der Waals surface area contributed by atoms with Crippen LogP contribution in [0, 0.1) is 0 Å². The van der Waals surface area contributed by atoms with Crippen LogP contribution in [0.3, 0.4) is 0 Å². The van der Waals surface area contributed by atoms with Crippen molar-refractivity contribution in [2.75, 3.05) is 25.6 Å². The predicted molar refractivity (Wildman–Crippen MR) is 111 cm³/mol. The maximum Gasteiger partial charge on any atom is 0.328 e. The molecule has 1 aromatic rings. The van der Waals surface area contributed by atoms with Gasteiger partial charge in [0.2, 0.25) is 5.96 Å². The molecule has 3 heterocycles. The van der Waals surface area contributed by atoms with Gasteiger partial charge < -0.3 is 9.64 Å². The van der Waals surface area contributed by atoms with Crippen LogP contribution >= 0.6 is 11.6 Å². The number of rotatable bonds is 4. The number of likely N-dealkylation sites (N-methyl/N-ethyl adjacent to an activating group) is 1. The van der Waals surface area contributed by atoms with E-state index in [1.807, 2.05) is 29.7 Å². The summed E-state index contributed by atoms with van der Waals surface area (Å²) in [4.78, 5) is 37.1. The largest absolute Gasteiger partial charge is 0.495 e. The van der Waals surface area contributed by atoms with Crippen LogP contribution in [-0.4, -0.2) is 65.5 Å². The average molecular weight is 416 g/mol. The molecule has 2 unspecified atom stereocenters. The van der Waals surface area contributed by atoms with Crippen molar-refractivity contribution in [3.8, 4) is 5.75 Å². The SMILES string of the molecule is C=CCN1C(=O)C2C(N=C3N(c4ccc(OC)c(Cl)c4)C(C)=C(C)N32)N(C)C1=O. The number of nitrogens with zero attached hydrogens (tertiary/aromatic N) is 5. The Kier molecular flexibility index (Phi) is 4.53. The third-order valence-corrected chi connectivity index (χ3v) is 5.89. The molecule has 0 aromatic heterocycles. The first-order valence-corrected chi connectivity index (χ1v) is 9.56. The van der Waals surface area contributed by atoms with Crippen molar-refractivity contribution in [3.05, 3.63) is 47.3 Å². The minimum Gasteiger partial charge on any atom is -0.495 e. The lowest BCUT2D eigenvalue weighted by Gasteiger charge is -2.40. The lowest BCUT2D eigenvalue weighted by atomic mass is 10.1. The first-order valence-electron chi connectivity index (χ1n) is 9.19. The van der Waals surface area contributed by atoms with Crippen LogP contribution in [0.15, 0.2) is 47.2 Å². The van der Waals surface area contributed by atoms with Crippen LogP contribution in [0.4, 0.5) is 10.5 Å². The number of allylic oxidation sites excluding steroid dienone is 2. The van der Waals surface area contributed by atoms with Gasteiger partial charge in [-0.3, -0.25) is 19.5 Å². The van der Waals surface area contributed by atoms with Crippen LogP contribution in [-0.2, 0) is 4.79 Å². The number of hydrogen-bond acceptors (Lipinski definition) is 6. The van der Waals surface area contributed by atoms with Crippen molar-refractivity contribution in [1.29, 1.82) is 0 Å². The van der Waals surface area contributed by atoms with E-state index in [2.05, 4.69) is 6.58 Å². The number of anilines is 1. The van der Waals surface area contributed by atoms with E-state index in [1.54, 1.807) is 32.4 Å². The number of amides is 3. The summed E-state index contributed by atoms with van der Waals surface area (Å²) in [6.07, 6.45) is 0.954. The number of carbonyl (C=O) groups is 2. The van der Waals surface area contributed by atoms with Gasteiger partial charge in [0.15, 0.2) is 12.2 Å². The van der Waals surface area contributed by atoms with Crippen LogP contribution in [0.1, 0.15) is 13.8 Å². The number of halogens is 1. The van der Waals surface area contributed by atoms with E-state index in [-0.39, 0.29) is 18.5 Å². The second-order valence-electron chi connectivity index (χ2n) is 7.11. The summed E-state index contributed by atoms with van der Waals surface area (Å²) in [5.41, 5.74) is 2.64. The molecular weight excluding hydrogens is 394 g/mol. The number of methoxy groups -OCH3 is 1. The number of guanidine groups is 1. The lowest BCUT2D eigenvalue weighted by molar-refractivity contribution is -0.136. The van der Waals surface area contributed by atoms with Gasteiger partial charge in [-0.25, -0.2) is 9.79 Å². The molecular formula is C20H22ClN5O3. The Labute approximate surface area is 174 Å². The third-order valence-electron chi connectivity index (χ3n) is 5.60. The number of ether oxygens (including phenoxy) is 1. The zero-order valence-corrected chi connectivity index (χ0v) is 17.5. The summed E-state index contributed by atoms with van der Waals surface area (Å²) in [5.74, 6) is 0.899. The molecule has 0 aliphatic carbocycles. The molecule has 2 atom stereocenters. The monoisotopic (exact) mass is 415 g/mol. The van der Waals surface area contributed by atoms with Gasteiger partial charge in [0.1, 0.15) is 5.75 Å². The van der Waals surface area contributed by atoms with Crippen molar-refractivity contribution < 1.29 is 14.3 Å². The van der Waals surface area contributed by atoms with Gasteiger partial charge >= 0.3 is 6.03 Å². The van der Waals surface area contributed by atoms with Crippen molar-refractivity contribution in [2.45, 2.75) is 26.1 Å². The molecule has 1 saturated heterocycles. The summed E-state index contributed by atoms with van der Waals surface area (Å²) in [7, 11) is 3.22. The first kappa shape index (κ1) is 19.3. The van der Waals surface area contributed by atoms with Gasteiger partial charge in [0.05, 0.1) is 17.8 Å². The van der Waals surface area contributed by atoms with Gasteiger partial charge in [-0.2, -0.15) is 0 Å². The molecule has 0 bridgehead atoms. The van der Waals surface area contributed by atoms with Gasteiger partial charge in [-0.05, 0) is 32.0 Å². The average Bonchev–Trinajstić information content (AvgIpc) is 3.19. The Balaban J connectivity index is 1.78. The number of imide groups is 1. The Morgan fingerprint density at radius 1 is 1.28 bits per heavy atom. The number of hydrogen-bond donors (Lipinski definition) is 0. The van der Waals surface area contributed by atoms with Gasteiger partial charge in [-0.15, -0.1) is 6.58 Å². The predicted octanol–water partition coefficient (Wildman–Crippen LogP) is 2.87. The van der Waals surface area contributed by atoms with E-state index >= 15 is 0 Å². The molecule has 0 radical (unpaired) electrons. The normalized spacial score (nSPS) is 23.6. The Morgan fingerprint density at radius 3 is 2.62 bits per heavy atom. The molecule has 152 valence electrons. The quantitative estimate of drug-likeness (QED) is 0.707. The summed E-state index contributed by atoms with van der Waals surface area (Å²) in [6, 6.07) is 4.49. The summed E-state index contributed by atoms with van der Waals surface area (Å²) in [5, 5.41) is 0.477. The molecule has 1 fully saturated rings. The molecule has 0 saturated carbocycles. The highest BCUT2D eigenvalue weighted by atomic mass is 35.5. The van der Waals surface area contributed by atoms with Crippen LogP contribution in [0.5, 0.6) is 5.75 Å². The number of urea groups is 1. The standard InChI is InChI=1S/C20H22ClN5O3/c1-6-9-24-18(27)16-17(23(4)20(24)28)22-19-25(11(2)12(3)26(16)19)13-7-8-15(29-5)14(21)10-13/h6-8,10,16-17H,1,9H2,2-5H3. The molecule has 3 aliphatic heterocycles. The summed E-state index contributed by atoms with van der Waals surface area (Å²) < 4.78 is 5.24. The maximum absolute atomic E-state index is 13.2. The molecule has 3 aliphatic rings. The zero-order valence-electron chi connectivity index (χ0n) is 16.7. The molecule has 9 heteroatoms. The Morgan fingerprint density at radius 2 is 2.00 bits per heavy atom. The van der Waals surface area contributed by atoms with E-state index in [1.165, 1.54) is 9.80 Å². The van der Waals surface area contributed by atoms with Crippen molar-refractivity contribution >= 4 is 35.2 Å². The Bertz CT molecular complexity index is 988. The molecule has 3 amide bonds. The van der Waals surface area contributed by atoms with Crippen molar-refractivity contribution in [3.63, 3.8) is 0 Å².